The largest absolute Gasteiger partial charge is 0.322 e. The molecule has 0 aliphatic rings. The summed E-state index contributed by atoms with van der Waals surface area (Å²) in [6.45, 7) is 8.06. The molecule has 0 unspecified atom stereocenters. The van der Waals surface area contributed by atoms with E-state index in [2.05, 4.69) is 33.0 Å². The molecule has 1 heterocycles. The molecule has 0 aliphatic heterocycles. The number of carbonyl (C=O) groups excluding carboxylic acids is 2. The number of hydrogen-bond donors (Lipinski definition) is 2. The second-order valence-electron chi connectivity index (χ2n) is 10.4. The van der Waals surface area contributed by atoms with E-state index >= 15 is 0 Å². The first-order chi connectivity index (χ1) is 20.7. The van der Waals surface area contributed by atoms with Crippen molar-refractivity contribution < 1.29 is 9.59 Å². The van der Waals surface area contributed by atoms with Crippen molar-refractivity contribution in [2.45, 2.75) is 47.9 Å². The Kier molecular flexibility index (Phi) is 9.97. The van der Waals surface area contributed by atoms with Crippen LogP contribution in [0.25, 0.3) is 0 Å². The van der Waals surface area contributed by atoms with Crippen LogP contribution < -0.4 is 10.6 Å². The zero-order valence-corrected chi connectivity index (χ0v) is 26.9. The van der Waals surface area contributed by atoms with E-state index in [1.54, 1.807) is 34.9 Å². The minimum Gasteiger partial charge on any atom is -0.322 e. The van der Waals surface area contributed by atoms with Gasteiger partial charge in [-0.05, 0) is 86.3 Å². The van der Waals surface area contributed by atoms with Crippen LogP contribution in [0.4, 0.5) is 11.4 Å². The van der Waals surface area contributed by atoms with Crippen LogP contribution in [0.1, 0.15) is 54.1 Å². The van der Waals surface area contributed by atoms with Gasteiger partial charge in [0.2, 0.25) is 0 Å². The fourth-order valence-electron chi connectivity index (χ4n) is 4.41. The number of thioether (sulfide) groups is 2. The Hall–Kier alpha value is -3.92. The second-order valence-corrected chi connectivity index (χ2v) is 13.8. The van der Waals surface area contributed by atoms with Crippen LogP contribution in [0.2, 0.25) is 0 Å². The van der Waals surface area contributed by atoms with Crippen LogP contribution in [0.15, 0.2) is 93.6 Å². The summed E-state index contributed by atoms with van der Waals surface area (Å²) < 4.78 is 1.80. The van der Waals surface area contributed by atoms with Gasteiger partial charge < -0.3 is 10.6 Å². The van der Waals surface area contributed by atoms with Crippen molar-refractivity contribution in [3.8, 4) is 0 Å². The smallest absolute Gasteiger partial charge is 0.255 e. The number of carbonyl (C=O) groups is 2. The molecule has 0 saturated carbocycles. The summed E-state index contributed by atoms with van der Waals surface area (Å²) in [5, 5.41) is 14.7. The standard InChI is InChI=1S/C34H32N4O2S3/c1-21-5-15-29(23(3)17-21)35-31(39)27-11-7-25(8-12-27)19-41-33-37-38-34(43-33)42-20-26-9-13-28(14-10-26)32(40)36-30-16-6-22(2)18-24(30)4/h5-18H,19-20H2,1-4H3,(H,35,39)(H,36,40). The Morgan fingerprint density at radius 1 is 0.605 bits per heavy atom. The zero-order valence-electron chi connectivity index (χ0n) is 24.4. The van der Waals surface area contributed by atoms with Crippen LogP contribution in [0, 0.1) is 27.7 Å². The summed E-state index contributed by atoms with van der Waals surface area (Å²) in [6.07, 6.45) is 0. The summed E-state index contributed by atoms with van der Waals surface area (Å²) in [5.41, 5.74) is 9.54. The van der Waals surface area contributed by atoms with Crippen molar-refractivity contribution in [1.29, 1.82) is 0 Å². The van der Waals surface area contributed by atoms with Crippen molar-refractivity contribution in [2.24, 2.45) is 0 Å². The fourth-order valence-corrected chi connectivity index (χ4v) is 7.34. The molecule has 5 rings (SSSR count). The van der Waals surface area contributed by atoms with Gasteiger partial charge in [0, 0.05) is 34.0 Å². The monoisotopic (exact) mass is 624 g/mol. The number of amides is 2. The van der Waals surface area contributed by atoms with Crippen LogP contribution in [-0.2, 0) is 11.5 Å². The minimum atomic E-state index is -0.118. The summed E-state index contributed by atoms with van der Waals surface area (Å²) in [4.78, 5) is 25.4. The van der Waals surface area contributed by atoms with Gasteiger partial charge in [-0.25, -0.2) is 0 Å². The van der Waals surface area contributed by atoms with E-state index in [9.17, 15) is 9.59 Å². The molecule has 1 aromatic heterocycles. The minimum absolute atomic E-state index is 0.118. The highest BCUT2D eigenvalue weighted by Gasteiger charge is 2.11. The normalized spacial score (nSPS) is 10.9. The van der Waals surface area contributed by atoms with Gasteiger partial charge in [0.05, 0.1) is 0 Å². The molecule has 4 aromatic carbocycles. The molecule has 2 amide bonds. The molecule has 218 valence electrons. The predicted octanol–water partition coefficient (Wildman–Crippen LogP) is 8.86. The van der Waals surface area contributed by atoms with Gasteiger partial charge >= 0.3 is 0 Å². The average molecular weight is 625 g/mol. The lowest BCUT2D eigenvalue weighted by molar-refractivity contribution is 0.101. The Morgan fingerprint density at radius 3 is 1.37 bits per heavy atom. The van der Waals surface area contributed by atoms with Crippen LogP contribution in [0.3, 0.4) is 0 Å². The van der Waals surface area contributed by atoms with Crippen LogP contribution >= 0.6 is 34.9 Å². The third-order valence-electron chi connectivity index (χ3n) is 6.81. The molecule has 0 spiro atoms. The summed E-state index contributed by atoms with van der Waals surface area (Å²) in [6, 6.07) is 27.3. The molecule has 0 radical (unpaired) electrons. The lowest BCUT2D eigenvalue weighted by atomic mass is 10.1. The first kappa shape index (κ1) is 30.5. The zero-order chi connectivity index (χ0) is 30.3. The summed E-state index contributed by atoms with van der Waals surface area (Å²) >= 11 is 4.83. The average Bonchev–Trinajstić information content (AvgIpc) is 3.46. The van der Waals surface area contributed by atoms with Crippen molar-refractivity contribution >= 4 is 58.0 Å². The van der Waals surface area contributed by atoms with Crippen molar-refractivity contribution in [3.05, 3.63) is 129 Å². The fraction of sp³-hybridized carbons (Fsp3) is 0.176. The SMILES string of the molecule is Cc1ccc(NC(=O)c2ccc(CSc3nnc(SCc4ccc(C(=O)Nc5ccc(C)cc5C)cc4)s3)cc2)c(C)c1. The van der Waals surface area contributed by atoms with E-state index in [4.69, 9.17) is 0 Å². The Bertz CT molecular complexity index is 1620. The van der Waals surface area contributed by atoms with Gasteiger partial charge in [0.15, 0.2) is 8.68 Å². The maximum absolute atomic E-state index is 12.7. The third kappa shape index (κ3) is 8.34. The lowest BCUT2D eigenvalue weighted by Crippen LogP contribution is -2.12. The number of benzene rings is 4. The quantitative estimate of drug-likeness (QED) is 0.151. The highest BCUT2D eigenvalue weighted by molar-refractivity contribution is 8.02. The summed E-state index contributed by atoms with van der Waals surface area (Å²) in [7, 11) is 0. The Balaban J connectivity index is 1.08. The van der Waals surface area contributed by atoms with Crippen molar-refractivity contribution in [2.75, 3.05) is 10.6 Å². The molecule has 6 nitrogen and oxygen atoms in total. The lowest BCUT2D eigenvalue weighted by Gasteiger charge is -2.09. The first-order valence-electron chi connectivity index (χ1n) is 13.8. The van der Waals surface area contributed by atoms with Gasteiger partial charge in [0.25, 0.3) is 11.8 Å². The van der Waals surface area contributed by atoms with Gasteiger partial charge in [0.1, 0.15) is 0 Å². The molecular formula is C34H32N4O2S3. The summed E-state index contributed by atoms with van der Waals surface area (Å²) in [5.74, 6) is 1.24. The van der Waals surface area contributed by atoms with Gasteiger partial charge in [-0.15, -0.1) is 10.2 Å². The van der Waals surface area contributed by atoms with Crippen molar-refractivity contribution in [3.63, 3.8) is 0 Å². The number of aryl methyl sites for hydroxylation is 4. The van der Waals surface area contributed by atoms with E-state index in [1.165, 1.54) is 11.1 Å². The molecular weight excluding hydrogens is 593 g/mol. The van der Waals surface area contributed by atoms with Gasteiger partial charge in [-0.3, -0.25) is 9.59 Å². The van der Waals surface area contributed by atoms with Crippen LogP contribution in [-0.4, -0.2) is 22.0 Å². The molecule has 0 fully saturated rings. The molecule has 0 aliphatic carbocycles. The molecule has 0 atom stereocenters. The topological polar surface area (TPSA) is 84.0 Å². The van der Waals surface area contributed by atoms with E-state index in [-0.39, 0.29) is 11.8 Å². The van der Waals surface area contributed by atoms with Gasteiger partial charge in [-0.2, -0.15) is 0 Å². The molecule has 5 aromatic rings. The Labute approximate surface area is 264 Å². The van der Waals surface area contributed by atoms with E-state index in [1.807, 2.05) is 100 Å². The van der Waals surface area contributed by atoms with Crippen LogP contribution in [0.5, 0.6) is 0 Å². The van der Waals surface area contributed by atoms with E-state index in [0.717, 1.165) is 53.8 Å². The van der Waals surface area contributed by atoms with E-state index < -0.39 is 0 Å². The molecule has 43 heavy (non-hydrogen) atoms. The van der Waals surface area contributed by atoms with E-state index in [0.29, 0.717) is 11.1 Å². The maximum atomic E-state index is 12.7. The molecule has 0 bridgehead atoms. The second kappa shape index (κ2) is 14.0. The predicted molar refractivity (Wildman–Crippen MR) is 180 cm³/mol. The molecule has 2 N–H and O–H groups in total. The number of nitrogens with one attached hydrogen (secondary N) is 2. The molecule has 0 saturated heterocycles. The van der Waals surface area contributed by atoms with Crippen molar-refractivity contribution in [1.82, 2.24) is 10.2 Å². The Morgan fingerprint density at radius 2 is 1.00 bits per heavy atom. The highest BCUT2D eigenvalue weighted by Crippen LogP contribution is 2.32. The number of aromatic nitrogens is 2. The third-order valence-corrected chi connectivity index (χ3v) is 10.1. The number of hydrogen-bond acceptors (Lipinski definition) is 7. The first-order valence-corrected chi connectivity index (χ1v) is 16.6. The number of anilines is 2. The number of rotatable bonds is 10. The maximum Gasteiger partial charge on any atom is 0.255 e. The molecule has 9 heteroatoms. The number of nitrogens with zero attached hydrogens (tertiary/aromatic N) is 2. The van der Waals surface area contributed by atoms with Gasteiger partial charge in [-0.1, -0.05) is 94.5 Å². The highest BCUT2D eigenvalue weighted by atomic mass is 32.2.